The number of amides is 2. The molecule has 3 rings (SSSR count). The number of halogens is 6. The SMILES string of the molecule is CCOC(=O)N(Cc1cc(C(F)(F)F)cc(C(F)(F)F)c1)[C@H]1C[C@@H](C)N(C(=O)OCC)c2c(C)cc(C)cc21. The van der Waals surface area contributed by atoms with Crippen LogP contribution in [-0.4, -0.2) is 36.3 Å². The molecule has 12 heteroatoms. The molecule has 1 heterocycles. The lowest BCUT2D eigenvalue weighted by Crippen LogP contribution is -2.48. The van der Waals surface area contributed by atoms with E-state index in [0.29, 0.717) is 28.9 Å². The van der Waals surface area contributed by atoms with E-state index in [4.69, 9.17) is 9.47 Å². The first kappa shape index (κ1) is 30.1. The molecule has 0 saturated carbocycles. The van der Waals surface area contributed by atoms with E-state index in [0.717, 1.165) is 10.5 Å². The van der Waals surface area contributed by atoms with Crippen molar-refractivity contribution in [3.63, 3.8) is 0 Å². The summed E-state index contributed by atoms with van der Waals surface area (Å²) >= 11 is 0. The number of alkyl halides is 6. The van der Waals surface area contributed by atoms with Crippen molar-refractivity contribution in [2.45, 2.75) is 72.0 Å². The highest BCUT2D eigenvalue weighted by Crippen LogP contribution is 2.44. The summed E-state index contributed by atoms with van der Waals surface area (Å²) < 4.78 is 91.4. The van der Waals surface area contributed by atoms with Crippen molar-refractivity contribution in [2.24, 2.45) is 0 Å². The summed E-state index contributed by atoms with van der Waals surface area (Å²) in [6, 6.07) is 3.47. The predicted molar refractivity (Wildman–Crippen MR) is 131 cm³/mol. The molecule has 1 aliphatic heterocycles. The smallest absolute Gasteiger partial charge is 0.416 e. The van der Waals surface area contributed by atoms with E-state index in [-0.39, 0.29) is 31.3 Å². The van der Waals surface area contributed by atoms with Crippen molar-refractivity contribution in [3.05, 3.63) is 63.7 Å². The highest BCUT2D eigenvalue weighted by Gasteiger charge is 2.41. The fourth-order valence-corrected chi connectivity index (χ4v) is 4.93. The van der Waals surface area contributed by atoms with Crippen LogP contribution in [0.5, 0.6) is 0 Å². The van der Waals surface area contributed by atoms with E-state index in [1.165, 1.54) is 11.8 Å². The molecule has 0 spiro atoms. The van der Waals surface area contributed by atoms with Crippen molar-refractivity contribution in [3.8, 4) is 0 Å². The van der Waals surface area contributed by atoms with Gasteiger partial charge in [0.2, 0.25) is 0 Å². The van der Waals surface area contributed by atoms with Crippen LogP contribution in [-0.2, 0) is 28.4 Å². The van der Waals surface area contributed by atoms with Gasteiger partial charge in [-0.3, -0.25) is 9.80 Å². The molecule has 6 nitrogen and oxygen atoms in total. The number of fused-ring (bicyclic) bond motifs is 1. The number of benzene rings is 2. The normalized spacial score (nSPS) is 17.5. The number of nitrogens with zero attached hydrogens (tertiary/aromatic N) is 2. The quantitative estimate of drug-likeness (QED) is 0.350. The average Bonchev–Trinajstić information content (AvgIpc) is 2.81. The molecule has 0 radical (unpaired) electrons. The number of hydrogen-bond acceptors (Lipinski definition) is 4. The first-order valence-corrected chi connectivity index (χ1v) is 12.4. The van der Waals surface area contributed by atoms with Gasteiger partial charge in [0, 0.05) is 12.6 Å². The Morgan fingerprint density at radius 3 is 2.00 bits per heavy atom. The van der Waals surface area contributed by atoms with E-state index in [1.807, 2.05) is 6.07 Å². The molecular formula is C27H30F6N2O4. The summed E-state index contributed by atoms with van der Waals surface area (Å²) in [6.07, 6.45) is -11.4. The maximum absolute atomic E-state index is 13.5. The van der Waals surface area contributed by atoms with Gasteiger partial charge >= 0.3 is 24.5 Å². The van der Waals surface area contributed by atoms with Crippen LogP contribution in [0.3, 0.4) is 0 Å². The molecule has 0 aromatic heterocycles. The summed E-state index contributed by atoms with van der Waals surface area (Å²) in [4.78, 5) is 28.6. The maximum atomic E-state index is 13.5. The van der Waals surface area contributed by atoms with Crippen molar-refractivity contribution < 1.29 is 45.4 Å². The standard InChI is InChI=1S/C27H30F6N2O4/c1-6-38-24(36)34(14-18-11-19(26(28,29)30)13-20(12-18)27(31,32)33)22-10-17(5)35(25(37)39-7-2)23-16(4)8-15(3)9-21(22)23/h8-9,11-13,17,22H,6-7,10,14H2,1-5H3/t17-,22+/m1/s1. The Labute approximate surface area is 222 Å². The molecule has 2 aromatic carbocycles. The second-order valence-corrected chi connectivity index (χ2v) is 9.43. The zero-order chi connectivity index (χ0) is 29.3. The Morgan fingerprint density at radius 1 is 0.923 bits per heavy atom. The third-order valence-electron chi connectivity index (χ3n) is 6.42. The summed E-state index contributed by atoms with van der Waals surface area (Å²) in [7, 11) is 0. The summed E-state index contributed by atoms with van der Waals surface area (Å²) in [5, 5.41) is 0. The topological polar surface area (TPSA) is 59.1 Å². The molecular weight excluding hydrogens is 530 g/mol. The Kier molecular flexibility index (Phi) is 8.76. The highest BCUT2D eigenvalue weighted by molar-refractivity contribution is 5.91. The van der Waals surface area contributed by atoms with Crippen LogP contribution in [0.15, 0.2) is 30.3 Å². The molecule has 0 bridgehead atoms. The number of anilines is 1. The lowest BCUT2D eigenvalue weighted by Gasteiger charge is -2.43. The first-order chi connectivity index (χ1) is 18.1. The maximum Gasteiger partial charge on any atom is 0.416 e. The summed E-state index contributed by atoms with van der Waals surface area (Å²) in [5.74, 6) is 0. The highest BCUT2D eigenvalue weighted by atomic mass is 19.4. The number of ether oxygens (including phenoxy) is 2. The van der Waals surface area contributed by atoms with Gasteiger partial charge in [-0.15, -0.1) is 0 Å². The molecule has 1 aliphatic rings. The first-order valence-electron chi connectivity index (χ1n) is 12.4. The van der Waals surface area contributed by atoms with Crippen molar-refractivity contribution in [2.75, 3.05) is 18.1 Å². The monoisotopic (exact) mass is 560 g/mol. The van der Waals surface area contributed by atoms with Gasteiger partial charge in [-0.05, 0) is 75.9 Å². The lowest BCUT2D eigenvalue weighted by atomic mass is 9.87. The number of hydrogen-bond donors (Lipinski definition) is 0. The molecule has 2 atom stereocenters. The number of carbonyl (C=O) groups excluding carboxylic acids is 2. The van der Waals surface area contributed by atoms with E-state index in [9.17, 15) is 35.9 Å². The van der Waals surface area contributed by atoms with Gasteiger partial charge in [-0.1, -0.05) is 17.7 Å². The largest absolute Gasteiger partial charge is 0.450 e. The van der Waals surface area contributed by atoms with Crippen LogP contribution in [0.25, 0.3) is 0 Å². The van der Waals surface area contributed by atoms with Gasteiger partial charge in [0.25, 0.3) is 0 Å². The van der Waals surface area contributed by atoms with Crippen LogP contribution in [0, 0.1) is 13.8 Å². The molecule has 0 aliphatic carbocycles. The van der Waals surface area contributed by atoms with Crippen LogP contribution < -0.4 is 4.90 Å². The van der Waals surface area contributed by atoms with Crippen LogP contribution in [0.1, 0.15) is 66.6 Å². The fraction of sp³-hybridized carbons (Fsp3) is 0.481. The molecule has 0 saturated heterocycles. The minimum atomic E-state index is -5.04. The van der Waals surface area contributed by atoms with E-state index < -0.39 is 54.3 Å². The zero-order valence-electron chi connectivity index (χ0n) is 22.2. The number of carbonyl (C=O) groups is 2. The van der Waals surface area contributed by atoms with Crippen LogP contribution in [0.4, 0.5) is 41.6 Å². The Bertz CT molecular complexity index is 1200. The van der Waals surface area contributed by atoms with Gasteiger partial charge in [0.1, 0.15) is 0 Å². The molecule has 2 aromatic rings. The Hall–Kier alpha value is -3.44. The molecule has 2 amide bonds. The minimum absolute atomic E-state index is 0.0418. The van der Waals surface area contributed by atoms with Crippen molar-refractivity contribution >= 4 is 17.9 Å². The average molecular weight is 561 g/mol. The molecule has 214 valence electrons. The van der Waals surface area contributed by atoms with Gasteiger partial charge in [0.05, 0.1) is 36.1 Å². The van der Waals surface area contributed by atoms with Gasteiger partial charge in [-0.25, -0.2) is 9.59 Å². The minimum Gasteiger partial charge on any atom is -0.450 e. The Morgan fingerprint density at radius 2 is 1.49 bits per heavy atom. The Balaban J connectivity index is 2.18. The van der Waals surface area contributed by atoms with E-state index in [2.05, 4.69) is 0 Å². The summed E-state index contributed by atoms with van der Waals surface area (Å²) in [6.45, 7) is 7.96. The second kappa shape index (κ2) is 11.4. The van der Waals surface area contributed by atoms with Gasteiger partial charge in [0.15, 0.2) is 0 Å². The molecule has 0 unspecified atom stereocenters. The lowest BCUT2D eigenvalue weighted by molar-refractivity contribution is -0.143. The van der Waals surface area contributed by atoms with Crippen LogP contribution in [0.2, 0.25) is 0 Å². The van der Waals surface area contributed by atoms with Gasteiger partial charge in [-0.2, -0.15) is 26.3 Å². The zero-order valence-corrected chi connectivity index (χ0v) is 22.2. The third kappa shape index (κ3) is 6.59. The number of aryl methyl sites for hydroxylation is 2. The van der Waals surface area contributed by atoms with E-state index >= 15 is 0 Å². The molecule has 0 N–H and O–H groups in total. The fourth-order valence-electron chi connectivity index (χ4n) is 4.93. The molecule has 39 heavy (non-hydrogen) atoms. The summed E-state index contributed by atoms with van der Waals surface area (Å²) in [5.41, 5.74) is -0.862. The second-order valence-electron chi connectivity index (χ2n) is 9.43. The third-order valence-corrected chi connectivity index (χ3v) is 6.42. The number of rotatable bonds is 5. The van der Waals surface area contributed by atoms with Crippen molar-refractivity contribution in [1.82, 2.24) is 4.90 Å². The van der Waals surface area contributed by atoms with E-state index in [1.54, 1.807) is 33.8 Å². The van der Waals surface area contributed by atoms with Crippen LogP contribution >= 0.6 is 0 Å². The van der Waals surface area contributed by atoms with Crippen molar-refractivity contribution in [1.29, 1.82) is 0 Å². The van der Waals surface area contributed by atoms with Gasteiger partial charge < -0.3 is 9.47 Å². The molecule has 0 fully saturated rings. The predicted octanol–water partition coefficient (Wildman–Crippen LogP) is 7.80.